The fourth-order valence-electron chi connectivity index (χ4n) is 1.32. The van der Waals surface area contributed by atoms with E-state index in [9.17, 15) is 0 Å². The average Bonchev–Trinajstić information content (AvgIpc) is 2.67. The third kappa shape index (κ3) is 4.41. The maximum absolute atomic E-state index is 3.61. The molecule has 1 heteroatoms. The zero-order valence-corrected chi connectivity index (χ0v) is 8.06. The molecule has 1 N–H and O–H groups in total. The van der Waals surface area contributed by atoms with Crippen molar-refractivity contribution in [2.75, 3.05) is 0 Å². The SMILES string of the molecule is CC(C)CCC(C)NC1CC1. The van der Waals surface area contributed by atoms with Crippen LogP contribution in [0.15, 0.2) is 0 Å². The zero-order valence-electron chi connectivity index (χ0n) is 8.06. The predicted molar refractivity (Wildman–Crippen MR) is 49.7 cm³/mol. The van der Waals surface area contributed by atoms with Crippen LogP contribution in [0.2, 0.25) is 0 Å². The minimum Gasteiger partial charge on any atom is -0.312 e. The van der Waals surface area contributed by atoms with Crippen LogP contribution in [0.5, 0.6) is 0 Å². The van der Waals surface area contributed by atoms with E-state index in [4.69, 9.17) is 0 Å². The van der Waals surface area contributed by atoms with Gasteiger partial charge in [-0.15, -0.1) is 0 Å². The molecule has 1 unspecified atom stereocenters. The highest BCUT2D eigenvalue weighted by atomic mass is 15.0. The van der Waals surface area contributed by atoms with Crippen LogP contribution >= 0.6 is 0 Å². The smallest absolute Gasteiger partial charge is 0.00706 e. The van der Waals surface area contributed by atoms with Gasteiger partial charge in [0.2, 0.25) is 0 Å². The molecule has 0 heterocycles. The summed E-state index contributed by atoms with van der Waals surface area (Å²) in [6.45, 7) is 6.90. The van der Waals surface area contributed by atoms with E-state index in [1.165, 1.54) is 25.7 Å². The minimum absolute atomic E-state index is 0.741. The van der Waals surface area contributed by atoms with E-state index in [0.29, 0.717) is 0 Å². The summed E-state index contributed by atoms with van der Waals surface area (Å²) >= 11 is 0. The van der Waals surface area contributed by atoms with Crippen molar-refractivity contribution in [3.8, 4) is 0 Å². The van der Waals surface area contributed by atoms with Gasteiger partial charge in [0.1, 0.15) is 0 Å². The molecule has 1 fully saturated rings. The highest BCUT2D eigenvalue weighted by Crippen LogP contribution is 2.20. The van der Waals surface area contributed by atoms with Gasteiger partial charge in [-0.1, -0.05) is 13.8 Å². The van der Waals surface area contributed by atoms with Crippen molar-refractivity contribution >= 4 is 0 Å². The van der Waals surface area contributed by atoms with Gasteiger partial charge in [0.05, 0.1) is 0 Å². The molecule has 66 valence electrons. The third-order valence-corrected chi connectivity index (χ3v) is 2.27. The molecule has 0 aromatic heterocycles. The van der Waals surface area contributed by atoms with Crippen LogP contribution in [0.25, 0.3) is 0 Å². The Morgan fingerprint density at radius 2 is 1.82 bits per heavy atom. The molecule has 1 aliphatic carbocycles. The van der Waals surface area contributed by atoms with Crippen molar-refractivity contribution in [1.29, 1.82) is 0 Å². The van der Waals surface area contributed by atoms with Gasteiger partial charge in [0.25, 0.3) is 0 Å². The molecular weight excluding hydrogens is 134 g/mol. The van der Waals surface area contributed by atoms with Crippen molar-refractivity contribution in [3.05, 3.63) is 0 Å². The van der Waals surface area contributed by atoms with Gasteiger partial charge in [-0.2, -0.15) is 0 Å². The van der Waals surface area contributed by atoms with Crippen molar-refractivity contribution in [2.45, 2.75) is 58.5 Å². The Morgan fingerprint density at radius 1 is 1.18 bits per heavy atom. The predicted octanol–water partition coefficient (Wildman–Crippen LogP) is 2.56. The molecule has 1 saturated carbocycles. The molecular formula is C10H21N. The lowest BCUT2D eigenvalue weighted by Gasteiger charge is -2.13. The summed E-state index contributed by atoms with van der Waals surface area (Å²) in [7, 11) is 0. The Kier molecular flexibility index (Phi) is 3.38. The van der Waals surface area contributed by atoms with E-state index in [1.807, 2.05) is 0 Å². The summed E-state index contributed by atoms with van der Waals surface area (Å²) in [6.07, 6.45) is 5.52. The van der Waals surface area contributed by atoms with E-state index in [0.717, 1.165) is 18.0 Å². The lowest BCUT2D eigenvalue weighted by molar-refractivity contribution is 0.449. The van der Waals surface area contributed by atoms with Gasteiger partial charge in [0, 0.05) is 12.1 Å². The first-order chi connectivity index (χ1) is 5.18. The van der Waals surface area contributed by atoms with Crippen LogP contribution < -0.4 is 5.32 Å². The molecule has 1 rings (SSSR count). The van der Waals surface area contributed by atoms with Crippen LogP contribution in [0.1, 0.15) is 46.5 Å². The largest absolute Gasteiger partial charge is 0.312 e. The van der Waals surface area contributed by atoms with E-state index >= 15 is 0 Å². The van der Waals surface area contributed by atoms with Gasteiger partial charge in [0.15, 0.2) is 0 Å². The number of hydrogen-bond acceptors (Lipinski definition) is 1. The molecule has 0 saturated heterocycles. The summed E-state index contributed by atoms with van der Waals surface area (Å²) < 4.78 is 0. The zero-order chi connectivity index (χ0) is 8.27. The molecule has 0 spiro atoms. The summed E-state index contributed by atoms with van der Waals surface area (Å²) in [5.41, 5.74) is 0. The molecule has 1 atom stereocenters. The molecule has 0 aliphatic heterocycles. The Morgan fingerprint density at radius 3 is 2.27 bits per heavy atom. The lowest BCUT2D eigenvalue weighted by atomic mass is 10.0. The summed E-state index contributed by atoms with van der Waals surface area (Å²) in [5.74, 6) is 0.860. The standard InChI is InChI=1S/C10H21N/c1-8(2)4-5-9(3)11-10-6-7-10/h8-11H,4-7H2,1-3H3. The number of nitrogens with one attached hydrogen (secondary N) is 1. The molecule has 0 aromatic rings. The second kappa shape index (κ2) is 4.10. The van der Waals surface area contributed by atoms with Crippen molar-refractivity contribution in [1.82, 2.24) is 5.32 Å². The summed E-state index contributed by atoms with van der Waals surface area (Å²) in [5, 5.41) is 3.61. The second-order valence-corrected chi connectivity index (χ2v) is 4.31. The molecule has 1 aliphatic rings. The second-order valence-electron chi connectivity index (χ2n) is 4.31. The molecule has 0 amide bonds. The Bertz CT molecular complexity index is 105. The highest BCUT2D eigenvalue weighted by Gasteiger charge is 2.22. The van der Waals surface area contributed by atoms with Crippen LogP contribution in [0.4, 0.5) is 0 Å². The van der Waals surface area contributed by atoms with E-state index < -0.39 is 0 Å². The molecule has 0 radical (unpaired) electrons. The average molecular weight is 155 g/mol. The van der Waals surface area contributed by atoms with E-state index in [1.54, 1.807) is 0 Å². The Balaban J connectivity index is 1.95. The molecule has 0 aromatic carbocycles. The Hall–Kier alpha value is -0.0400. The highest BCUT2D eigenvalue weighted by molar-refractivity contribution is 4.83. The lowest BCUT2D eigenvalue weighted by Crippen LogP contribution is -2.28. The first-order valence-electron chi connectivity index (χ1n) is 4.94. The number of hydrogen-bond donors (Lipinski definition) is 1. The molecule has 0 bridgehead atoms. The fraction of sp³-hybridized carbons (Fsp3) is 1.00. The number of rotatable bonds is 5. The van der Waals surface area contributed by atoms with E-state index in [-0.39, 0.29) is 0 Å². The van der Waals surface area contributed by atoms with Crippen LogP contribution in [-0.2, 0) is 0 Å². The molecule has 11 heavy (non-hydrogen) atoms. The summed E-state index contributed by atoms with van der Waals surface area (Å²) in [6, 6.07) is 1.61. The normalized spacial score (nSPS) is 20.7. The monoisotopic (exact) mass is 155 g/mol. The van der Waals surface area contributed by atoms with Crippen molar-refractivity contribution in [2.24, 2.45) is 5.92 Å². The topological polar surface area (TPSA) is 12.0 Å². The molecule has 1 nitrogen and oxygen atoms in total. The van der Waals surface area contributed by atoms with Gasteiger partial charge in [-0.3, -0.25) is 0 Å². The van der Waals surface area contributed by atoms with Crippen molar-refractivity contribution < 1.29 is 0 Å². The fourth-order valence-corrected chi connectivity index (χ4v) is 1.32. The minimum atomic E-state index is 0.741. The first kappa shape index (κ1) is 9.05. The van der Waals surface area contributed by atoms with Crippen LogP contribution in [0, 0.1) is 5.92 Å². The van der Waals surface area contributed by atoms with Gasteiger partial charge >= 0.3 is 0 Å². The quantitative estimate of drug-likeness (QED) is 0.643. The summed E-state index contributed by atoms with van der Waals surface area (Å²) in [4.78, 5) is 0. The maximum atomic E-state index is 3.61. The van der Waals surface area contributed by atoms with Gasteiger partial charge < -0.3 is 5.32 Å². The van der Waals surface area contributed by atoms with E-state index in [2.05, 4.69) is 26.1 Å². The Labute approximate surface area is 70.6 Å². The van der Waals surface area contributed by atoms with Crippen molar-refractivity contribution in [3.63, 3.8) is 0 Å². The maximum Gasteiger partial charge on any atom is 0.00706 e. The van der Waals surface area contributed by atoms with Gasteiger partial charge in [-0.05, 0) is 38.5 Å². The van der Waals surface area contributed by atoms with Crippen LogP contribution in [0.3, 0.4) is 0 Å². The van der Waals surface area contributed by atoms with Gasteiger partial charge in [-0.25, -0.2) is 0 Å². The third-order valence-electron chi connectivity index (χ3n) is 2.27. The first-order valence-corrected chi connectivity index (χ1v) is 4.94. The van der Waals surface area contributed by atoms with Crippen LogP contribution in [-0.4, -0.2) is 12.1 Å².